The van der Waals surface area contributed by atoms with Gasteiger partial charge in [0.1, 0.15) is 23.3 Å². The van der Waals surface area contributed by atoms with Crippen molar-refractivity contribution in [3.63, 3.8) is 0 Å². The van der Waals surface area contributed by atoms with Gasteiger partial charge >= 0.3 is 0 Å². The van der Waals surface area contributed by atoms with Crippen LogP contribution in [0, 0.1) is 27.7 Å². The minimum Gasteiger partial charge on any atom is -0.338 e. The van der Waals surface area contributed by atoms with Crippen LogP contribution in [0.4, 0.5) is 0 Å². The quantitative estimate of drug-likeness (QED) is 0.387. The summed E-state index contributed by atoms with van der Waals surface area (Å²) in [4.78, 5) is 15.9. The minimum absolute atomic E-state index is 0. The number of hydrogen-bond acceptors (Lipinski definition) is 4. The predicted octanol–water partition coefficient (Wildman–Crippen LogP) is 2.91. The van der Waals surface area contributed by atoms with Gasteiger partial charge in [0, 0.05) is 97.2 Å². The van der Waals surface area contributed by atoms with Crippen LogP contribution in [0.2, 0.25) is 0 Å². The van der Waals surface area contributed by atoms with E-state index >= 15 is 0 Å². The average molecular weight is 450 g/mol. The van der Waals surface area contributed by atoms with Crippen molar-refractivity contribution in [2.24, 2.45) is 28.2 Å². The van der Waals surface area contributed by atoms with Crippen molar-refractivity contribution in [3.05, 3.63) is 72.9 Å². The van der Waals surface area contributed by atoms with Gasteiger partial charge < -0.3 is 18.3 Å². The predicted molar refractivity (Wildman–Crippen MR) is 112 cm³/mol. The second-order valence-corrected chi connectivity index (χ2v) is 6.34. The van der Waals surface area contributed by atoms with Crippen LogP contribution in [-0.4, -0.2) is 38.2 Å². The monoisotopic (exact) mass is 448 g/mol. The van der Waals surface area contributed by atoms with Crippen molar-refractivity contribution in [1.29, 1.82) is 0 Å². The van der Waals surface area contributed by atoms with E-state index in [0.29, 0.717) is 0 Å². The summed E-state index contributed by atoms with van der Waals surface area (Å²) in [6.45, 7) is 7.89. The van der Waals surface area contributed by atoms with Crippen molar-refractivity contribution in [1.82, 2.24) is 38.2 Å². The van der Waals surface area contributed by atoms with E-state index in [1.165, 1.54) is 0 Å². The molecule has 0 radical (unpaired) electrons. The van der Waals surface area contributed by atoms with E-state index < -0.39 is 0 Å². The first-order valence-electron chi connectivity index (χ1n) is 8.98. The molecule has 0 aliphatic rings. The van der Waals surface area contributed by atoms with Crippen LogP contribution in [-0.2, 0) is 47.7 Å². The first-order valence-corrected chi connectivity index (χ1v) is 8.98. The number of rotatable bonds is 0. The van der Waals surface area contributed by atoms with Crippen LogP contribution in [0.15, 0.2) is 49.6 Å². The average Bonchev–Trinajstić information content (AvgIpc) is 3.41. The summed E-state index contributed by atoms with van der Waals surface area (Å²) in [5, 5.41) is 0. The molecule has 0 saturated carbocycles. The van der Waals surface area contributed by atoms with E-state index in [0.717, 1.165) is 23.3 Å². The van der Waals surface area contributed by atoms with E-state index in [9.17, 15) is 0 Å². The largest absolute Gasteiger partial charge is 0.338 e. The van der Waals surface area contributed by atoms with Gasteiger partial charge in [-0.2, -0.15) is 0 Å². The topological polar surface area (TPSA) is 71.3 Å². The fraction of sp³-hybridized carbons (Fsp3) is 0.400. The molecule has 4 aromatic rings. The first-order chi connectivity index (χ1) is 13.2. The number of imidazole rings is 4. The molecule has 9 heteroatoms. The molecule has 0 amide bonds. The Hall–Kier alpha value is -2.54. The SMILES string of the molecule is Cc1nccn1C.Cc1nccn1C.Cc1nccn1C.Cc1nccn1C.[Zn]. The molecule has 0 saturated heterocycles. The van der Waals surface area contributed by atoms with Gasteiger partial charge in [-0.15, -0.1) is 0 Å². The Balaban J connectivity index is 0.000000356. The fourth-order valence-electron chi connectivity index (χ4n) is 1.76. The Morgan fingerprint density at radius 2 is 0.621 bits per heavy atom. The molecule has 0 spiro atoms. The van der Waals surface area contributed by atoms with E-state index in [-0.39, 0.29) is 19.5 Å². The molecule has 0 bridgehead atoms. The zero-order valence-electron chi connectivity index (χ0n) is 18.9. The first kappa shape index (κ1) is 26.5. The van der Waals surface area contributed by atoms with Gasteiger partial charge in [-0.25, -0.2) is 19.9 Å². The number of hydrogen-bond donors (Lipinski definition) is 0. The van der Waals surface area contributed by atoms with Gasteiger partial charge in [-0.05, 0) is 27.7 Å². The molecule has 0 unspecified atom stereocenters. The minimum atomic E-state index is 0. The molecule has 0 atom stereocenters. The normalized spacial score (nSPS) is 9.10. The second-order valence-electron chi connectivity index (χ2n) is 6.34. The zero-order valence-corrected chi connectivity index (χ0v) is 21.9. The molecule has 0 fully saturated rings. The van der Waals surface area contributed by atoms with Crippen LogP contribution in [0.5, 0.6) is 0 Å². The number of aryl methyl sites for hydroxylation is 8. The molecule has 0 aliphatic heterocycles. The van der Waals surface area contributed by atoms with Crippen molar-refractivity contribution >= 4 is 0 Å². The van der Waals surface area contributed by atoms with Crippen LogP contribution in [0.25, 0.3) is 0 Å². The molecule has 4 heterocycles. The van der Waals surface area contributed by atoms with Crippen molar-refractivity contribution in [2.45, 2.75) is 27.7 Å². The summed E-state index contributed by atoms with van der Waals surface area (Å²) in [6.07, 6.45) is 14.9. The van der Waals surface area contributed by atoms with E-state index in [2.05, 4.69) is 19.9 Å². The second kappa shape index (κ2) is 13.6. The van der Waals surface area contributed by atoms with Crippen LogP contribution in [0.1, 0.15) is 23.3 Å². The summed E-state index contributed by atoms with van der Waals surface area (Å²) >= 11 is 0. The van der Waals surface area contributed by atoms with Gasteiger partial charge in [-0.1, -0.05) is 0 Å². The molecule has 4 rings (SSSR count). The zero-order chi connectivity index (χ0) is 21.1. The Labute approximate surface area is 186 Å². The third-order valence-corrected chi connectivity index (χ3v) is 4.25. The third-order valence-electron chi connectivity index (χ3n) is 4.25. The molecular weight excluding hydrogens is 418 g/mol. The van der Waals surface area contributed by atoms with E-state index in [1.807, 2.05) is 98.9 Å². The Bertz CT molecular complexity index is 713. The summed E-state index contributed by atoms with van der Waals surface area (Å²) in [5.74, 6) is 4.22. The van der Waals surface area contributed by atoms with Crippen molar-refractivity contribution in [2.75, 3.05) is 0 Å². The standard InChI is InChI=1S/4C5H8N2.Zn/c4*1-5-6-3-4-7(5)2;/h4*3-4H,1-2H3;. The maximum Gasteiger partial charge on any atom is 0.105 e. The van der Waals surface area contributed by atoms with Gasteiger partial charge in [0.05, 0.1) is 0 Å². The molecule has 4 aromatic heterocycles. The summed E-state index contributed by atoms with van der Waals surface area (Å²) in [5.41, 5.74) is 0. The molecule has 29 heavy (non-hydrogen) atoms. The summed E-state index contributed by atoms with van der Waals surface area (Å²) in [6, 6.07) is 0. The summed E-state index contributed by atoms with van der Waals surface area (Å²) < 4.78 is 7.89. The molecular formula is C20H32N8Zn. The van der Waals surface area contributed by atoms with Crippen LogP contribution < -0.4 is 0 Å². The number of nitrogens with zero attached hydrogens (tertiary/aromatic N) is 8. The van der Waals surface area contributed by atoms with Crippen LogP contribution >= 0.6 is 0 Å². The molecule has 0 N–H and O–H groups in total. The Morgan fingerprint density at radius 3 is 0.655 bits per heavy atom. The van der Waals surface area contributed by atoms with Crippen LogP contribution in [0.3, 0.4) is 0 Å². The van der Waals surface area contributed by atoms with E-state index in [1.54, 1.807) is 24.8 Å². The molecule has 0 aromatic carbocycles. The molecule has 8 nitrogen and oxygen atoms in total. The third kappa shape index (κ3) is 9.99. The van der Waals surface area contributed by atoms with Gasteiger partial charge in [-0.3, -0.25) is 0 Å². The Kier molecular flexibility index (Phi) is 12.4. The fourth-order valence-corrected chi connectivity index (χ4v) is 1.76. The number of aromatic nitrogens is 8. The maximum absolute atomic E-state index is 3.98. The molecule has 154 valence electrons. The van der Waals surface area contributed by atoms with Crippen molar-refractivity contribution in [3.8, 4) is 0 Å². The van der Waals surface area contributed by atoms with Gasteiger partial charge in [0.25, 0.3) is 0 Å². The maximum atomic E-state index is 3.98. The van der Waals surface area contributed by atoms with Gasteiger partial charge in [0.2, 0.25) is 0 Å². The van der Waals surface area contributed by atoms with E-state index in [4.69, 9.17) is 0 Å². The summed E-state index contributed by atoms with van der Waals surface area (Å²) in [7, 11) is 7.90. The van der Waals surface area contributed by atoms with Gasteiger partial charge in [0.15, 0.2) is 0 Å². The Morgan fingerprint density at radius 1 is 0.448 bits per heavy atom. The smallest absolute Gasteiger partial charge is 0.105 e. The molecule has 0 aliphatic carbocycles. The van der Waals surface area contributed by atoms with Crippen molar-refractivity contribution < 1.29 is 19.5 Å².